The monoisotopic (exact) mass is 282 g/mol. The van der Waals surface area contributed by atoms with E-state index in [2.05, 4.69) is 9.88 Å². The zero-order valence-corrected chi connectivity index (χ0v) is 13.0. The van der Waals surface area contributed by atoms with Crippen LogP contribution in [0.1, 0.15) is 33.7 Å². The first-order valence-electron chi connectivity index (χ1n) is 7.25. The second-order valence-electron chi connectivity index (χ2n) is 5.55. The van der Waals surface area contributed by atoms with Gasteiger partial charge in [0.25, 0.3) is 0 Å². The number of Topliss-reactive ketones (excluding diaryl/α,β-unsaturated/α-hetero) is 1. The lowest BCUT2D eigenvalue weighted by Crippen LogP contribution is -2.22. The SMILES string of the molecule is Cc1ccc(C(=O)CCN(C)Cc2cccc(C)n2)cc1. The summed E-state index contributed by atoms with van der Waals surface area (Å²) in [5.74, 6) is 0.194. The number of ketones is 1. The molecule has 21 heavy (non-hydrogen) atoms. The largest absolute Gasteiger partial charge is 0.300 e. The molecule has 0 aliphatic rings. The second-order valence-corrected chi connectivity index (χ2v) is 5.55. The van der Waals surface area contributed by atoms with Crippen LogP contribution in [-0.2, 0) is 6.54 Å². The molecule has 0 radical (unpaired) electrons. The molecular weight excluding hydrogens is 260 g/mol. The van der Waals surface area contributed by atoms with Gasteiger partial charge in [-0.15, -0.1) is 0 Å². The molecule has 0 fully saturated rings. The molecule has 2 rings (SSSR count). The average Bonchev–Trinajstić information content (AvgIpc) is 2.45. The van der Waals surface area contributed by atoms with Crippen LogP contribution in [0.25, 0.3) is 0 Å². The van der Waals surface area contributed by atoms with E-state index in [1.54, 1.807) is 0 Å². The van der Waals surface area contributed by atoms with Gasteiger partial charge in [-0.3, -0.25) is 9.78 Å². The maximum Gasteiger partial charge on any atom is 0.164 e. The molecule has 0 bridgehead atoms. The van der Waals surface area contributed by atoms with Crippen molar-refractivity contribution in [2.24, 2.45) is 0 Å². The fourth-order valence-corrected chi connectivity index (χ4v) is 2.22. The van der Waals surface area contributed by atoms with Crippen molar-refractivity contribution < 1.29 is 4.79 Å². The van der Waals surface area contributed by atoms with Crippen LogP contribution in [0.4, 0.5) is 0 Å². The number of aromatic nitrogens is 1. The van der Waals surface area contributed by atoms with Crippen molar-refractivity contribution >= 4 is 5.78 Å². The highest BCUT2D eigenvalue weighted by Crippen LogP contribution is 2.08. The van der Waals surface area contributed by atoms with Crippen molar-refractivity contribution in [1.82, 2.24) is 9.88 Å². The van der Waals surface area contributed by atoms with Crippen LogP contribution in [-0.4, -0.2) is 29.3 Å². The Morgan fingerprint density at radius 1 is 1.10 bits per heavy atom. The Labute approximate surface area is 126 Å². The zero-order chi connectivity index (χ0) is 15.2. The molecule has 0 spiro atoms. The second kappa shape index (κ2) is 7.14. The third-order valence-electron chi connectivity index (χ3n) is 3.47. The molecule has 3 nitrogen and oxygen atoms in total. The van der Waals surface area contributed by atoms with E-state index in [-0.39, 0.29) is 5.78 Å². The number of benzene rings is 1. The Kier molecular flexibility index (Phi) is 5.23. The van der Waals surface area contributed by atoms with Crippen molar-refractivity contribution in [1.29, 1.82) is 0 Å². The lowest BCUT2D eigenvalue weighted by molar-refractivity contribution is 0.0967. The van der Waals surface area contributed by atoms with Gasteiger partial charge in [-0.2, -0.15) is 0 Å². The van der Waals surface area contributed by atoms with E-state index in [0.717, 1.165) is 30.0 Å². The fraction of sp³-hybridized carbons (Fsp3) is 0.333. The highest BCUT2D eigenvalue weighted by atomic mass is 16.1. The molecule has 0 atom stereocenters. The summed E-state index contributed by atoms with van der Waals surface area (Å²) in [5.41, 5.74) is 4.04. The van der Waals surface area contributed by atoms with E-state index < -0.39 is 0 Å². The molecule has 0 aliphatic carbocycles. The van der Waals surface area contributed by atoms with Crippen LogP contribution in [0.15, 0.2) is 42.5 Å². The van der Waals surface area contributed by atoms with Gasteiger partial charge in [-0.1, -0.05) is 35.9 Å². The summed E-state index contributed by atoms with van der Waals surface area (Å²) in [6.07, 6.45) is 0.533. The predicted octanol–water partition coefficient (Wildman–Crippen LogP) is 3.40. The molecular formula is C18H22N2O. The Hall–Kier alpha value is -2.00. The molecule has 1 aromatic heterocycles. The van der Waals surface area contributed by atoms with E-state index in [1.807, 2.05) is 63.4 Å². The number of hydrogen-bond donors (Lipinski definition) is 0. The third kappa shape index (κ3) is 4.80. The van der Waals surface area contributed by atoms with Gasteiger partial charge in [0.1, 0.15) is 0 Å². The highest BCUT2D eigenvalue weighted by molar-refractivity contribution is 5.96. The fourth-order valence-electron chi connectivity index (χ4n) is 2.22. The number of pyridine rings is 1. The number of nitrogens with zero attached hydrogens (tertiary/aromatic N) is 2. The molecule has 1 heterocycles. The molecule has 2 aromatic rings. The number of hydrogen-bond acceptors (Lipinski definition) is 3. The summed E-state index contributed by atoms with van der Waals surface area (Å²) in [5, 5.41) is 0. The van der Waals surface area contributed by atoms with Crippen LogP contribution < -0.4 is 0 Å². The standard InChI is InChI=1S/C18H22N2O/c1-14-7-9-16(10-8-14)18(21)11-12-20(3)13-17-6-4-5-15(2)19-17/h4-10H,11-13H2,1-3H3. The number of rotatable bonds is 6. The Bertz CT molecular complexity index is 605. The van der Waals surface area contributed by atoms with Crippen molar-refractivity contribution in [3.63, 3.8) is 0 Å². The summed E-state index contributed by atoms with van der Waals surface area (Å²) in [6, 6.07) is 13.8. The molecule has 3 heteroatoms. The molecule has 1 aromatic carbocycles. The van der Waals surface area contributed by atoms with Gasteiger partial charge < -0.3 is 4.90 Å². The Morgan fingerprint density at radius 3 is 2.48 bits per heavy atom. The van der Waals surface area contributed by atoms with Gasteiger partial charge in [-0.05, 0) is 33.0 Å². The Balaban J connectivity index is 1.84. The van der Waals surface area contributed by atoms with Gasteiger partial charge in [0, 0.05) is 30.8 Å². The van der Waals surface area contributed by atoms with Crippen LogP contribution in [0.5, 0.6) is 0 Å². The summed E-state index contributed by atoms with van der Waals surface area (Å²) < 4.78 is 0. The first kappa shape index (κ1) is 15.4. The van der Waals surface area contributed by atoms with Crippen molar-refractivity contribution in [2.45, 2.75) is 26.8 Å². The molecule has 0 aliphatic heterocycles. The van der Waals surface area contributed by atoms with Crippen molar-refractivity contribution in [2.75, 3.05) is 13.6 Å². The highest BCUT2D eigenvalue weighted by Gasteiger charge is 2.08. The lowest BCUT2D eigenvalue weighted by atomic mass is 10.1. The maximum atomic E-state index is 12.1. The number of carbonyl (C=O) groups excluding carboxylic acids is 1. The molecule has 0 amide bonds. The molecule has 0 N–H and O–H groups in total. The van der Waals surface area contributed by atoms with Crippen LogP contribution in [0.2, 0.25) is 0 Å². The Morgan fingerprint density at radius 2 is 1.81 bits per heavy atom. The normalized spacial score (nSPS) is 10.9. The summed E-state index contributed by atoms with van der Waals surface area (Å²) in [4.78, 5) is 18.7. The topological polar surface area (TPSA) is 33.2 Å². The van der Waals surface area contributed by atoms with Gasteiger partial charge >= 0.3 is 0 Å². The van der Waals surface area contributed by atoms with Gasteiger partial charge in [0.15, 0.2) is 5.78 Å². The minimum atomic E-state index is 0.194. The smallest absolute Gasteiger partial charge is 0.164 e. The first-order chi connectivity index (χ1) is 10.0. The van der Waals surface area contributed by atoms with Crippen LogP contribution >= 0.6 is 0 Å². The van der Waals surface area contributed by atoms with E-state index in [9.17, 15) is 4.79 Å². The number of aryl methyl sites for hydroxylation is 2. The predicted molar refractivity (Wildman–Crippen MR) is 85.4 cm³/mol. The summed E-state index contributed by atoms with van der Waals surface area (Å²) in [7, 11) is 2.02. The van der Waals surface area contributed by atoms with E-state index in [4.69, 9.17) is 0 Å². The zero-order valence-electron chi connectivity index (χ0n) is 13.0. The van der Waals surface area contributed by atoms with Gasteiger partial charge in [0.05, 0.1) is 5.69 Å². The van der Waals surface area contributed by atoms with Crippen LogP contribution in [0, 0.1) is 13.8 Å². The maximum absolute atomic E-state index is 12.1. The molecule has 0 unspecified atom stereocenters. The van der Waals surface area contributed by atoms with E-state index in [1.165, 1.54) is 5.56 Å². The quantitative estimate of drug-likeness (QED) is 0.761. The van der Waals surface area contributed by atoms with E-state index >= 15 is 0 Å². The molecule has 0 saturated carbocycles. The van der Waals surface area contributed by atoms with Gasteiger partial charge in [0.2, 0.25) is 0 Å². The van der Waals surface area contributed by atoms with Gasteiger partial charge in [-0.25, -0.2) is 0 Å². The third-order valence-corrected chi connectivity index (χ3v) is 3.47. The minimum Gasteiger partial charge on any atom is -0.300 e. The van der Waals surface area contributed by atoms with Crippen molar-refractivity contribution in [3.05, 3.63) is 65.0 Å². The van der Waals surface area contributed by atoms with E-state index in [0.29, 0.717) is 6.42 Å². The molecule has 0 saturated heterocycles. The van der Waals surface area contributed by atoms with Crippen molar-refractivity contribution in [3.8, 4) is 0 Å². The number of carbonyl (C=O) groups is 1. The first-order valence-corrected chi connectivity index (χ1v) is 7.25. The lowest BCUT2D eigenvalue weighted by Gasteiger charge is -2.15. The summed E-state index contributed by atoms with van der Waals surface area (Å²) in [6.45, 7) is 5.52. The minimum absolute atomic E-state index is 0.194. The average molecular weight is 282 g/mol. The summed E-state index contributed by atoms with van der Waals surface area (Å²) >= 11 is 0. The molecule has 110 valence electrons. The van der Waals surface area contributed by atoms with Crippen LogP contribution in [0.3, 0.4) is 0 Å².